The van der Waals surface area contributed by atoms with Crippen LogP contribution in [-0.2, 0) is 6.54 Å². The predicted molar refractivity (Wildman–Crippen MR) is 76.7 cm³/mol. The molecule has 5 heteroatoms. The summed E-state index contributed by atoms with van der Waals surface area (Å²) >= 11 is 3.37. The third-order valence-corrected chi connectivity index (χ3v) is 3.47. The van der Waals surface area contributed by atoms with Gasteiger partial charge in [0.2, 0.25) is 0 Å². The number of carboxylic acid groups (broad SMARTS) is 1. The lowest BCUT2D eigenvalue weighted by atomic mass is 10.1. The zero-order chi connectivity index (χ0) is 14.0. The smallest absolute Gasteiger partial charge is 0.337 e. The lowest BCUT2D eigenvalue weighted by Gasteiger charge is -2.21. The quantitative estimate of drug-likeness (QED) is 0.932. The van der Waals surface area contributed by atoms with Crippen molar-refractivity contribution in [3.63, 3.8) is 0 Å². The van der Waals surface area contributed by atoms with E-state index in [1.54, 1.807) is 24.5 Å². The fourth-order valence-corrected chi connectivity index (χ4v) is 2.27. The van der Waals surface area contributed by atoms with Crippen molar-refractivity contribution in [3.05, 3.63) is 51.9 Å². The third kappa shape index (κ3) is 2.98. The van der Waals surface area contributed by atoms with Crippen molar-refractivity contribution in [1.29, 1.82) is 0 Å². The topological polar surface area (TPSA) is 53.7 Å². The summed E-state index contributed by atoms with van der Waals surface area (Å²) in [6.45, 7) is 2.49. The van der Waals surface area contributed by atoms with Crippen molar-refractivity contribution in [2.45, 2.75) is 13.5 Å². The minimum Gasteiger partial charge on any atom is -0.478 e. The summed E-state index contributed by atoms with van der Waals surface area (Å²) in [7, 11) is 1.86. The van der Waals surface area contributed by atoms with Crippen LogP contribution in [0.1, 0.15) is 21.7 Å². The van der Waals surface area contributed by atoms with E-state index >= 15 is 0 Å². The van der Waals surface area contributed by atoms with E-state index in [1.165, 1.54) is 0 Å². The molecule has 0 unspecified atom stereocenters. The monoisotopic (exact) mass is 323 g/mol. The Bertz CT molecular complexity index is 606. The summed E-state index contributed by atoms with van der Waals surface area (Å²) in [5, 5.41) is 9.23. The zero-order valence-electron chi connectivity index (χ0n) is 10.7. The first kappa shape index (κ1) is 13.7. The van der Waals surface area contributed by atoms with E-state index in [2.05, 4.69) is 15.9 Å². The number of carboxylic acids is 1. The molecular weight excluding hydrogens is 310 g/mol. The molecule has 0 aliphatic rings. The first-order valence-corrected chi connectivity index (χ1v) is 6.55. The maximum absolute atomic E-state index is 11.2. The van der Waals surface area contributed by atoms with Crippen molar-refractivity contribution >= 4 is 27.6 Å². The second-order valence-corrected chi connectivity index (χ2v) is 5.24. The molecule has 0 aliphatic heterocycles. The fourth-order valence-electron chi connectivity index (χ4n) is 1.92. The number of aromatic carboxylic acids is 1. The largest absolute Gasteiger partial charge is 0.478 e. The molecule has 0 amide bonds. The molecule has 0 fully saturated rings. The van der Waals surface area contributed by atoms with Crippen LogP contribution >= 0.6 is 15.9 Å². The molecule has 19 heavy (non-hydrogen) atoms. The Morgan fingerprint density at radius 2 is 2.16 bits per heavy atom. The van der Waals surface area contributed by atoms with Crippen molar-refractivity contribution in [2.75, 3.05) is 11.9 Å². The molecular formula is C14H14BrNO3. The van der Waals surface area contributed by atoms with Crippen LogP contribution in [0.4, 0.5) is 5.69 Å². The summed E-state index contributed by atoms with van der Waals surface area (Å²) in [4.78, 5) is 13.1. The number of halogens is 1. The summed E-state index contributed by atoms with van der Waals surface area (Å²) in [6.07, 6.45) is 1.64. The van der Waals surface area contributed by atoms with Gasteiger partial charge >= 0.3 is 5.97 Å². The molecule has 1 N–H and O–H groups in total. The van der Waals surface area contributed by atoms with Crippen molar-refractivity contribution in [3.8, 4) is 0 Å². The van der Waals surface area contributed by atoms with Gasteiger partial charge in [-0.05, 0) is 31.2 Å². The van der Waals surface area contributed by atoms with Crippen molar-refractivity contribution in [1.82, 2.24) is 0 Å². The fraction of sp³-hybridized carbons (Fsp3) is 0.214. The summed E-state index contributed by atoms with van der Waals surface area (Å²) in [6, 6.07) is 7.02. The van der Waals surface area contributed by atoms with Gasteiger partial charge < -0.3 is 14.4 Å². The van der Waals surface area contributed by atoms with Gasteiger partial charge in [0.25, 0.3) is 0 Å². The standard InChI is InChI=1S/C14H14BrNO3/c1-9-10(5-6-19-9)8-16(2)13-7-11(15)3-4-12(13)14(17)18/h3-7H,8H2,1-2H3,(H,17,18). The first-order chi connectivity index (χ1) is 8.99. The number of hydrogen-bond acceptors (Lipinski definition) is 3. The zero-order valence-corrected chi connectivity index (χ0v) is 12.3. The van der Waals surface area contributed by atoms with Crippen LogP contribution in [0, 0.1) is 6.92 Å². The highest BCUT2D eigenvalue weighted by atomic mass is 79.9. The van der Waals surface area contributed by atoms with Gasteiger partial charge in [-0.15, -0.1) is 0 Å². The molecule has 1 aromatic heterocycles. The lowest BCUT2D eigenvalue weighted by molar-refractivity contribution is 0.0697. The van der Waals surface area contributed by atoms with Crippen LogP contribution in [0.2, 0.25) is 0 Å². The van der Waals surface area contributed by atoms with Gasteiger partial charge in [0.05, 0.1) is 17.5 Å². The maximum Gasteiger partial charge on any atom is 0.337 e. The van der Waals surface area contributed by atoms with Crippen LogP contribution in [0.3, 0.4) is 0 Å². The molecule has 0 bridgehead atoms. The maximum atomic E-state index is 11.2. The summed E-state index contributed by atoms with van der Waals surface area (Å²) in [5.41, 5.74) is 1.99. The van der Waals surface area contributed by atoms with Crippen LogP contribution in [0.25, 0.3) is 0 Å². The Balaban J connectivity index is 2.32. The van der Waals surface area contributed by atoms with Crippen molar-refractivity contribution in [2.24, 2.45) is 0 Å². The number of carbonyl (C=O) groups is 1. The van der Waals surface area contributed by atoms with Crippen LogP contribution in [-0.4, -0.2) is 18.1 Å². The molecule has 2 aromatic rings. The molecule has 100 valence electrons. The van der Waals surface area contributed by atoms with Gasteiger partial charge in [-0.1, -0.05) is 15.9 Å². The number of furan rings is 1. The van der Waals surface area contributed by atoms with Gasteiger partial charge in [-0.25, -0.2) is 4.79 Å². The molecule has 0 saturated heterocycles. The highest BCUT2D eigenvalue weighted by Gasteiger charge is 2.15. The van der Waals surface area contributed by atoms with E-state index in [9.17, 15) is 9.90 Å². The molecule has 0 spiro atoms. The summed E-state index contributed by atoms with van der Waals surface area (Å²) in [5.74, 6) is -0.0861. The van der Waals surface area contributed by atoms with E-state index in [0.717, 1.165) is 15.8 Å². The Morgan fingerprint density at radius 3 is 2.74 bits per heavy atom. The molecule has 1 aromatic carbocycles. The SMILES string of the molecule is Cc1occc1CN(C)c1cc(Br)ccc1C(=O)O. The number of anilines is 1. The minimum atomic E-state index is -0.932. The van der Waals surface area contributed by atoms with Crippen LogP contribution in [0.15, 0.2) is 39.4 Å². The van der Waals surface area contributed by atoms with Gasteiger partial charge in [0.15, 0.2) is 0 Å². The van der Waals surface area contributed by atoms with Crippen LogP contribution < -0.4 is 4.90 Å². The Morgan fingerprint density at radius 1 is 1.42 bits per heavy atom. The second kappa shape index (κ2) is 5.48. The number of benzene rings is 1. The molecule has 2 rings (SSSR count). The molecule has 0 saturated carbocycles. The van der Waals surface area contributed by atoms with E-state index in [-0.39, 0.29) is 5.56 Å². The Kier molecular flexibility index (Phi) is 3.95. The number of nitrogens with zero attached hydrogens (tertiary/aromatic N) is 1. The van der Waals surface area contributed by atoms with Gasteiger partial charge in [-0.3, -0.25) is 0 Å². The predicted octanol–water partition coefficient (Wildman–Crippen LogP) is 3.69. The lowest BCUT2D eigenvalue weighted by Crippen LogP contribution is -2.19. The summed E-state index contributed by atoms with van der Waals surface area (Å²) < 4.78 is 6.10. The van der Waals surface area contributed by atoms with E-state index < -0.39 is 5.97 Å². The van der Waals surface area contributed by atoms with Crippen LogP contribution in [0.5, 0.6) is 0 Å². The average Bonchev–Trinajstić information content (AvgIpc) is 2.74. The molecule has 4 nitrogen and oxygen atoms in total. The van der Waals surface area contributed by atoms with Gasteiger partial charge in [0.1, 0.15) is 5.76 Å². The Hall–Kier alpha value is -1.75. The van der Waals surface area contributed by atoms with Gasteiger partial charge in [0, 0.05) is 23.6 Å². The number of hydrogen-bond donors (Lipinski definition) is 1. The van der Waals surface area contributed by atoms with E-state index in [1.807, 2.05) is 24.9 Å². The highest BCUT2D eigenvalue weighted by molar-refractivity contribution is 9.10. The third-order valence-electron chi connectivity index (χ3n) is 2.98. The average molecular weight is 324 g/mol. The highest BCUT2D eigenvalue weighted by Crippen LogP contribution is 2.26. The van der Waals surface area contributed by atoms with Gasteiger partial charge in [-0.2, -0.15) is 0 Å². The molecule has 0 radical (unpaired) electrons. The normalized spacial score (nSPS) is 10.5. The second-order valence-electron chi connectivity index (χ2n) is 4.32. The number of rotatable bonds is 4. The van der Waals surface area contributed by atoms with E-state index in [0.29, 0.717) is 12.2 Å². The first-order valence-electron chi connectivity index (χ1n) is 5.76. The minimum absolute atomic E-state index is 0.284. The number of aryl methyl sites for hydroxylation is 1. The molecule has 1 heterocycles. The van der Waals surface area contributed by atoms with E-state index in [4.69, 9.17) is 4.42 Å². The molecule has 0 atom stereocenters. The molecule has 0 aliphatic carbocycles. The Labute approximate surface area is 119 Å². The van der Waals surface area contributed by atoms with Crippen molar-refractivity contribution < 1.29 is 14.3 Å².